The third-order valence-corrected chi connectivity index (χ3v) is 2.69. The number of hydrogen-bond acceptors (Lipinski definition) is 4. The van der Waals surface area contributed by atoms with Crippen molar-refractivity contribution >= 4 is 11.5 Å². The van der Waals surface area contributed by atoms with Gasteiger partial charge in [-0.3, -0.25) is 0 Å². The van der Waals surface area contributed by atoms with E-state index >= 15 is 0 Å². The van der Waals surface area contributed by atoms with Crippen LogP contribution >= 0.6 is 0 Å². The zero-order valence-electron chi connectivity index (χ0n) is 10.1. The first-order chi connectivity index (χ1) is 8.70. The molecule has 2 rings (SSSR count). The maximum Gasteiger partial charge on any atom is 0.142 e. The maximum absolute atomic E-state index is 8.80. The molecule has 3 N–H and O–H groups in total. The molecule has 0 fully saturated rings. The van der Waals surface area contributed by atoms with Gasteiger partial charge in [-0.15, -0.1) is 0 Å². The normalized spacial score (nSPS) is 11.6. The Hall–Kier alpha value is -2.54. The van der Waals surface area contributed by atoms with Gasteiger partial charge in [0.25, 0.3) is 0 Å². The lowest BCUT2D eigenvalue weighted by molar-refractivity contribution is 0.877. The highest BCUT2D eigenvalue weighted by Gasteiger charge is 2.08. The summed E-state index contributed by atoms with van der Waals surface area (Å²) in [6.45, 7) is 2.01. The standard InChI is InChI=1S/C14H14N4/c1-10(12-6-2-3-7-13(12)16)17-14-8-4-5-11(9-15)18-14/h2-8,10H,16H2,1H3,(H,17,18). The molecule has 0 aliphatic carbocycles. The first-order valence-electron chi connectivity index (χ1n) is 5.69. The Labute approximate surface area is 106 Å². The van der Waals surface area contributed by atoms with Crippen LogP contribution in [0.25, 0.3) is 0 Å². The average molecular weight is 238 g/mol. The number of pyridine rings is 1. The van der Waals surface area contributed by atoms with E-state index in [9.17, 15) is 0 Å². The van der Waals surface area contributed by atoms with Crippen LogP contribution in [0.5, 0.6) is 0 Å². The van der Waals surface area contributed by atoms with Gasteiger partial charge in [-0.05, 0) is 30.7 Å². The monoisotopic (exact) mass is 238 g/mol. The lowest BCUT2D eigenvalue weighted by atomic mass is 10.1. The fraction of sp³-hybridized carbons (Fsp3) is 0.143. The molecule has 0 amide bonds. The molecular formula is C14H14N4. The molecule has 4 heteroatoms. The van der Waals surface area contributed by atoms with Gasteiger partial charge in [-0.25, -0.2) is 4.98 Å². The molecule has 0 aliphatic heterocycles. The minimum Gasteiger partial charge on any atom is -0.398 e. The second-order valence-corrected chi connectivity index (χ2v) is 4.01. The first kappa shape index (κ1) is 11.9. The lowest BCUT2D eigenvalue weighted by Crippen LogP contribution is -2.10. The zero-order valence-corrected chi connectivity index (χ0v) is 10.1. The minimum atomic E-state index is 0.0349. The lowest BCUT2D eigenvalue weighted by Gasteiger charge is -2.16. The van der Waals surface area contributed by atoms with Gasteiger partial charge in [0, 0.05) is 5.69 Å². The number of nitrogens with two attached hydrogens (primary N) is 1. The zero-order chi connectivity index (χ0) is 13.0. The van der Waals surface area contributed by atoms with E-state index in [2.05, 4.69) is 10.3 Å². The molecule has 2 aromatic rings. The summed E-state index contributed by atoms with van der Waals surface area (Å²) in [4.78, 5) is 4.17. The highest BCUT2D eigenvalue weighted by Crippen LogP contribution is 2.22. The highest BCUT2D eigenvalue weighted by molar-refractivity contribution is 5.51. The molecule has 4 nitrogen and oxygen atoms in total. The molecule has 1 heterocycles. The van der Waals surface area contributed by atoms with Gasteiger partial charge >= 0.3 is 0 Å². The molecule has 0 aliphatic rings. The number of nitrogens with one attached hydrogen (secondary N) is 1. The molecule has 1 atom stereocenters. The smallest absolute Gasteiger partial charge is 0.142 e. The van der Waals surface area contributed by atoms with Crippen molar-refractivity contribution < 1.29 is 0 Å². The molecule has 18 heavy (non-hydrogen) atoms. The van der Waals surface area contributed by atoms with Crippen molar-refractivity contribution in [3.63, 3.8) is 0 Å². The van der Waals surface area contributed by atoms with E-state index in [4.69, 9.17) is 11.0 Å². The number of nitriles is 1. The van der Waals surface area contributed by atoms with E-state index in [0.717, 1.165) is 11.3 Å². The van der Waals surface area contributed by atoms with E-state index in [1.807, 2.05) is 43.3 Å². The van der Waals surface area contributed by atoms with Gasteiger partial charge in [0.2, 0.25) is 0 Å². The Kier molecular flexibility index (Phi) is 3.44. The van der Waals surface area contributed by atoms with Crippen molar-refractivity contribution in [3.8, 4) is 6.07 Å². The fourth-order valence-electron chi connectivity index (χ4n) is 1.78. The van der Waals surface area contributed by atoms with Crippen LogP contribution in [0.3, 0.4) is 0 Å². The largest absolute Gasteiger partial charge is 0.398 e. The van der Waals surface area contributed by atoms with Crippen LogP contribution in [0, 0.1) is 11.3 Å². The van der Waals surface area contributed by atoms with Crippen LogP contribution in [-0.2, 0) is 0 Å². The SMILES string of the molecule is CC(Nc1cccc(C#N)n1)c1ccccc1N. The number of para-hydroxylation sites is 1. The van der Waals surface area contributed by atoms with Crippen molar-refractivity contribution in [1.29, 1.82) is 5.26 Å². The second kappa shape index (κ2) is 5.19. The average Bonchev–Trinajstić information content (AvgIpc) is 2.39. The molecule has 1 aromatic heterocycles. The van der Waals surface area contributed by atoms with Gasteiger partial charge in [0.05, 0.1) is 6.04 Å². The molecule has 0 bridgehead atoms. The summed E-state index contributed by atoms with van der Waals surface area (Å²) < 4.78 is 0. The van der Waals surface area contributed by atoms with Crippen LogP contribution < -0.4 is 11.1 Å². The third-order valence-electron chi connectivity index (χ3n) is 2.69. The minimum absolute atomic E-state index is 0.0349. The number of benzene rings is 1. The number of hydrogen-bond donors (Lipinski definition) is 2. The van der Waals surface area contributed by atoms with E-state index in [0.29, 0.717) is 11.5 Å². The quantitative estimate of drug-likeness (QED) is 0.806. The van der Waals surface area contributed by atoms with Crippen molar-refractivity contribution in [2.24, 2.45) is 0 Å². The van der Waals surface area contributed by atoms with Gasteiger partial charge in [0.1, 0.15) is 17.6 Å². The van der Waals surface area contributed by atoms with Crippen LogP contribution in [0.4, 0.5) is 11.5 Å². The summed E-state index contributed by atoms with van der Waals surface area (Å²) in [5, 5.41) is 12.0. The van der Waals surface area contributed by atoms with Crippen molar-refractivity contribution in [2.45, 2.75) is 13.0 Å². The number of aromatic nitrogens is 1. The molecule has 1 unspecified atom stereocenters. The molecule has 0 saturated heterocycles. The summed E-state index contributed by atoms with van der Waals surface area (Å²) in [7, 11) is 0. The Morgan fingerprint density at radius 3 is 2.72 bits per heavy atom. The molecule has 0 saturated carbocycles. The summed E-state index contributed by atoms with van der Waals surface area (Å²) in [6.07, 6.45) is 0. The number of nitrogen functional groups attached to an aromatic ring is 1. The first-order valence-corrected chi connectivity index (χ1v) is 5.69. The molecule has 0 radical (unpaired) electrons. The second-order valence-electron chi connectivity index (χ2n) is 4.01. The van der Waals surface area contributed by atoms with Crippen LogP contribution in [0.1, 0.15) is 24.2 Å². The number of nitrogens with zero attached hydrogens (tertiary/aromatic N) is 2. The van der Waals surface area contributed by atoms with E-state index in [-0.39, 0.29) is 6.04 Å². The third kappa shape index (κ3) is 2.58. The number of rotatable bonds is 3. The Bertz CT molecular complexity index is 586. The summed E-state index contributed by atoms with van der Waals surface area (Å²) >= 11 is 0. The van der Waals surface area contributed by atoms with Crippen LogP contribution in [0.2, 0.25) is 0 Å². The molecule has 1 aromatic carbocycles. The van der Waals surface area contributed by atoms with Gasteiger partial charge in [-0.1, -0.05) is 24.3 Å². The van der Waals surface area contributed by atoms with E-state index in [1.165, 1.54) is 0 Å². The predicted octanol–water partition coefficient (Wildman–Crippen LogP) is 2.71. The topological polar surface area (TPSA) is 74.7 Å². The van der Waals surface area contributed by atoms with E-state index in [1.54, 1.807) is 12.1 Å². The Morgan fingerprint density at radius 1 is 1.22 bits per heavy atom. The molecule has 0 spiro atoms. The maximum atomic E-state index is 8.80. The number of anilines is 2. The summed E-state index contributed by atoms with van der Waals surface area (Å²) in [5.74, 6) is 0.671. The fourth-order valence-corrected chi connectivity index (χ4v) is 1.78. The summed E-state index contributed by atoms with van der Waals surface area (Å²) in [6, 6.07) is 15.0. The Morgan fingerprint density at radius 2 is 2.00 bits per heavy atom. The van der Waals surface area contributed by atoms with Gasteiger partial charge in [0.15, 0.2) is 0 Å². The molecule has 90 valence electrons. The van der Waals surface area contributed by atoms with Gasteiger partial charge in [-0.2, -0.15) is 5.26 Å². The summed E-state index contributed by atoms with van der Waals surface area (Å²) in [5.41, 5.74) is 8.07. The van der Waals surface area contributed by atoms with Crippen LogP contribution in [0.15, 0.2) is 42.5 Å². The predicted molar refractivity (Wildman–Crippen MR) is 71.8 cm³/mol. The van der Waals surface area contributed by atoms with Crippen molar-refractivity contribution in [3.05, 3.63) is 53.7 Å². The van der Waals surface area contributed by atoms with Crippen molar-refractivity contribution in [2.75, 3.05) is 11.1 Å². The van der Waals surface area contributed by atoms with Crippen molar-refractivity contribution in [1.82, 2.24) is 4.98 Å². The van der Waals surface area contributed by atoms with Gasteiger partial charge < -0.3 is 11.1 Å². The van der Waals surface area contributed by atoms with Crippen LogP contribution in [-0.4, -0.2) is 4.98 Å². The Balaban J connectivity index is 2.19. The highest BCUT2D eigenvalue weighted by atomic mass is 15.0. The molecular weight excluding hydrogens is 224 g/mol. The van der Waals surface area contributed by atoms with E-state index < -0.39 is 0 Å².